The Morgan fingerprint density at radius 2 is 1.50 bits per heavy atom. The topological polar surface area (TPSA) is 21.7 Å². The molecule has 228 valence electrons. The summed E-state index contributed by atoms with van der Waals surface area (Å²) in [6, 6.07) is 24.6. The monoisotopic (exact) mass is 589 g/mol. The highest BCUT2D eigenvalue weighted by Gasteiger charge is 2.44. The highest BCUT2D eigenvalue weighted by molar-refractivity contribution is 6.77. The van der Waals surface area contributed by atoms with Gasteiger partial charge < -0.3 is 9.16 Å². The molecule has 0 saturated carbocycles. The first-order valence-corrected chi connectivity index (χ1v) is 18.2. The number of nitrogens with zero attached hydrogens (tertiary/aromatic N) is 1. The fraction of sp³-hybridized carbons (Fsp3) is 0.514. The van der Waals surface area contributed by atoms with Crippen molar-refractivity contribution in [2.45, 2.75) is 103 Å². The van der Waals surface area contributed by atoms with Crippen molar-refractivity contribution < 1.29 is 13.6 Å². The van der Waals surface area contributed by atoms with Crippen LogP contribution < -0.4 is 0 Å². The quantitative estimate of drug-likeness (QED) is 0.155. The fourth-order valence-corrected chi connectivity index (χ4v) is 12.8. The van der Waals surface area contributed by atoms with E-state index in [1.807, 2.05) is 6.07 Å². The summed E-state index contributed by atoms with van der Waals surface area (Å²) < 4.78 is 27.6. The summed E-state index contributed by atoms with van der Waals surface area (Å²) in [5.41, 5.74) is 7.50. The van der Waals surface area contributed by atoms with E-state index < -0.39 is 8.32 Å². The van der Waals surface area contributed by atoms with E-state index in [4.69, 9.17) is 9.16 Å². The zero-order valence-corrected chi connectivity index (χ0v) is 27.7. The lowest BCUT2D eigenvalue weighted by Gasteiger charge is -2.42. The van der Waals surface area contributed by atoms with Gasteiger partial charge in [-0.25, -0.2) is 4.39 Å². The number of benzene rings is 3. The molecule has 0 spiro atoms. The molecule has 3 aromatic rings. The van der Waals surface area contributed by atoms with Crippen molar-refractivity contribution >= 4 is 8.32 Å². The van der Waals surface area contributed by atoms with Crippen LogP contribution in [0.4, 0.5) is 4.39 Å². The first kappa shape index (κ1) is 32.6. The van der Waals surface area contributed by atoms with Crippen LogP contribution >= 0.6 is 0 Å². The maximum Gasteiger partial charge on any atom is 0.200 e. The summed E-state index contributed by atoms with van der Waals surface area (Å²) in [6.07, 6.45) is 4.29. The van der Waals surface area contributed by atoms with E-state index >= 15 is 0 Å². The Morgan fingerprint density at radius 1 is 0.810 bits per heavy atom. The van der Waals surface area contributed by atoms with Crippen molar-refractivity contribution in [3.8, 4) is 11.1 Å². The Kier molecular flexibility index (Phi) is 12.0. The molecule has 0 bridgehead atoms. The first-order chi connectivity index (χ1) is 20.2. The van der Waals surface area contributed by atoms with E-state index in [9.17, 15) is 4.39 Å². The van der Waals surface area contributed by atoms with Crippen LogP contribution in [0.2, 0.25) is 16.6 Å². The Labute approximate surface area is 255 Å². The van der Waals surface area contributed by atoms with Crippen molar-refractivity contribution in [2.24, 2.45) is 0 Å². The van der Waals surface area contributed by atoms with Gasteiger partial charge in [0.2, 0.25) is 0 Å². The number of hydrogen-bond acceptors (Lipinski definition) is 3. The van der Waals surface area contributed by atoms with Crippen molar-refractivity contribution in [1.82, 2.24) is 4.90 Å². The summed E-state index contributed by atoms with van der Waals surface area (Å²) in [5.74, 6) is -0.207. The van der Waals surface area contributed by atoms with Crippen molar-refractivity contribution in [1.29, 1.82) is 0 Å². The van der Waals surface area contributed by atoms with Gasteiger partial charge in [-0.2, -0.15) is 0 Å². The van der Waals surface area contributed by atoms with Crippen LogP contribution in [0, 0.1) is 5.82 Å². The highest BCUT2D eigenvalue weighted by atomic mass is 28.4. The SMILES string of the molecule is CC(C)[Si](OCCCCCN1Cc2ccccc2-c2cc(F)ccc2COC[C@H]1Cc1ccccc1)(C(C)C)C(C)C. The second kappa shape index (κ2) is 15.4. The maximum absolute atomic E-state index is 14.4. The van der Waals surface area contributed by atoms with Gasteiger partial charge in [-0.15, -0.1) is 0 Å². The zero-order chi connectivity index (χ0) is 30.1. The summed E-state index contributed by atoms with van der Waals surface area (Å²) in [6.45, 7) is 17.9. The second-order valence-electron chi connectivity index (χ2n) is 13.0. The number of halogens is 1. The van der Waals surface area contributed by atoms with Gasteiger partial charge in [0.1, 0.15) is 5.82 Å². The lowest BCUT2D eigenvalue weighted by molar-refractivity contribution is 0.0449. The molecule has 1 heterocycles. The molecule has 3 nitrogen and oxygen atoms in total. The number of unbranched alkanes of at least 4 members (excludes halogenated alkanes) is 2. The molecule has 0 aromatic heterocycles. The number of rotatable bonds is 12. The smallest absolute Gasteiger partial charge is 0.200 e. The number of fused-ring (bicyclic) bond motifs is 3. The predicted octanol–water partition coefficient (Wildman–Crippen LogP) is 9.80. The number of ether oxygens (including phenoxy) is 1. The molecule has 0 radical (unpaired) electrons. The lowest BCUT2D eigenvalue weighted by atomic mass is 9.94. The highest BCUT2D eigenvalue weighted by Crippen LogP contribution is 2.42. The minimum atomic E-state index is -1.82. The van der Waals surface area contributed by atoms with Gasteiger partial charge in [0.25, 0.3) is 0 Å². The van der Waals surface area contributed by atoms with E-state index in [1.165, 1.54) is 11.1 Å². The molecule has 1 aliphatic heterocycles. The Hall–Kier alpha value is -2.31. The van der Waals surface area contributed by atoms with Crippen LogP contribution in [0.3, 0.4) is 0 Å². The van der Waals surface area contributed by atoms with Gasteiger partial charge in [-0.05, 0) is 88.8 Å². The molecule has 0 saturated heterocycles. The van der Waals surface area contributed by atoms with Crippen molar-refractivity contribution in [3.63, 3.8) is 0 Å². The van der Waals surface area contributed by atoms with Crippen LogP contribution in [0.25, 0.3) is 11.1 Å². The molecule has 4 rings (SSSR count). The fourth-order valence-electron chi connectivity index (χ4n) is 7.28. The largest absolute Gasteiger partial charge is 0.416 e. The molecule has 0 unspecified atom stereocenters. The maximum atomic E-state index is 14.4. The van der Waals surface area contributed by atoms with E-state index in [0.717, 1.165) is 62.1 Å². The molecule has 3 aromatic carbocycles. The van der Waals surface area contributed by atoms with Crippen LogP contribution in [0.1, 0.15) is 77.5 Å². The summed E-state index contributed by atoms with van der Waals surface area (Å²) >= 11 is 0. The van der Waals surface area contributed by atoms with E-state index in [2.05, 4.69) is 101 Å². The summed E-state index contributed by atoms with van der Waals surface area (Å²) in [4.78, 5) is 2.60. The van der Waals surface area contributed by atoms with Crippen LogP contribution in [-0.2, 0) is 28.7 Å². The second-order valence-corrected chi connectivity index (χ2v) is 18.5. The van der Waals surface area contributed by atoms with Gasteiger partial charge in [0, 0.05) is 19.2 Å². The molecule has 5 heteroatoms. The Bertz CT molecular complexity index is 1220. The molecule has 0 N–H and O–H groups in total. The molecule has 0 amide bonds. The Morgan fingerprint density at radius 3 is 2.21 bits per heavy atom. The molecule has 1 aliphatic rings. The van der Waals surface area contributed by atoms with Gasteiger partial charge >= 0.3 is 0 Å². The van der Waals surface area contributed by atoms with Crippen LogP contribution in [0.15, 0.2) is 72.8 Å². The van der Waals surface area contributed by atoms with Gasteiger partial charge in [-0.3, -0.25) is 4.90 Å². The third kappa shape index (κ3) is 7.99. The van der Waals surface area contributed by atoms with Crippen molar-refractivity contribution in [3.05, 3.63) is 95.3 Å². The molecule has 0 fully saturated rings. The van der Waals surface area contributed by atoms with Gasteiger partial charge in [-0.1, -0.05) is 102 Å². The third-order valence-corrected chi connectivity index (χ3v) is 15.4. The minimum absolute atomic E-state index is 0.207. The predicted molar refractivity (Wildman–Crippen MR) is 177 cm³/mol. The van der Waals surface area contributed by atoms with E-state index in [1.54, 1.807) is 12.1 Å². The van der Waals surface area contributed by atoms with E-state index in [0.29, 0.717) is 29.8 Å². The normalized spacial score (nSPS) is 16.6. The van der Waals surface area contributed by atoms with Crippen LogP contribution in [0.5, 0.6) is 0 Å². The average molecular weight is 590 g/mol. The standard InChI is InChI=1S/C37H52FNO2Si/c1-28(2)42(29(3)4,30(5)6)41-22-14-8-13-21-39-25-32-17-11-12-18-36(32)37-24-34(38)20-19-33(37)26-40-27-35(39)23-31-15-9-7-10-16-31/h7,9-12,15-20,24,28-30,35H,8,13-14,21-23,25-27H2,1-6H3/t35-/m1/s1. The Balaban J connectivity index is 1.50. The molecular weight excluding hydrogens is 537 g/mol. The molecule has 42 heavy (non-hydrogen) atoms. The average Bonchev–Trinajstić information content (AvgIpc) is 2.96. The van der Waals surface area contributed by atoms with E-state index in [-0.39, 0.29) is 11.9 Å². The molecule has 1 atom stereocenters. The minimum Gasteiger partial charge on any atom is -0.416 e. The van der Waals surface area contributed by atoms with Gasteiger partial charge in [0.15, 0.2) is 8.32 Å². The zero-order valence-electron chi connectivity index (χ0n) is 26.7. The van der Waals surface area contributed by atoms with Crippen LogP contribution in [-0.4, -0.2) is 39.0 Å². The van der Waals surface area contributed by atoms with Crippen molar-refractivity contribution in [2.75, 3.05) is 19.8 Å². The third-order valence-electron chi connectivity index (χ3n) is 9.30. The first-order valence-electron chi connectivity index (χ1n) is 16.1. The summed E-state index contributed by atoms with van der Waals surface area (Å²) in [5, 5.41) is 0. The molecule has 0 aliphatic carbocycles. The molecular formula is C37H52FNO2Si. The lowest BCUT2D eigenvalue weighted by Crippen LogP contribution is -2.48. The van der Waals surface area contributed by atoms with Gasteiger partial charge in [0.05, 0.1) is 13.2 Å². The summed E-state index contributed by atoms with van der Waals surface area (Å²) in [7, 11) is -1.82. The number of hydrogen-bond donors (Lipinski definition) is 0.